The number of hydrogen-bond donors (Lipinski definition) is 2. The molecule has 1 heterocycles. The third kappa shape index (κ3) is 2.88. The van der Waals surface area contributed by atoms with Gasteiger partial charge in [-0.3, -0.25) is 9.48 Å². The number of aliphatic carboxylic acids is 1. The predicted molar refractivity (Wildman–Crippen MR) is 64.5 cm³/mol. The predicted octanol–water partition coefficient (Wildman–Crippen LogP) is 0.116. The van der Waals surface area contributed by atoms with Crippen molar-refractivity contribution in [3.05, 3.63) is 11.8 Å². The average Bonchev–Trinajstić information content (AvgIpc) is 2.54. The van der Waals surface area contributed by atoms with Crippen LogP contribution in [0.1, 0.15) is 19.4 Å². The highest BCUT2D eigenvalue weighted by atomic mass is 32.2. The SMILES string of the molecule is Cc1cnn(C)c1S(=O)(=O)N[C@@H](C(=O)O)C(C)C. The molecule has 0 aliphatic heterocycles. The first-order chi connectivity index (χ1) is 8.16. The molecule has 0 aromatic carbocycles. The van der Waals surface area contributed by atoms with Gasteiger partial charge >= 0.3 is 5.97 Å². The van der Waals surface area contributed by atoms with E-state index < -0.39 is 22.0 Å². The summed E-state index contributed by atoms with van der Waals surface area (Å²) in [6.45, 7) is 4.88. The summed E-state index contributed by atoms with van der Waals surface area (Å²) in [5.41, 5.74) is 0.470. The maximum atomic E-state index is 12.1. The molecule has 7 nitrogen and oxygen atoms in total. The molecular weight excluding hydrogens is 258 g/mol. The Kier molecular flexibility index (Phi) is 4.12. The van der Waals surface area contributed by atoms with Crippen molar-refractivity contribution in [2.24, 2.45) is 13.0 Å². The minimum atomic E-state index is -3.90. The van der Waals surface area contributed by atoms with E-state index in [1.54, 1.807) is 20.8 Å². The van der Waals surface area contributed by atoms with Gasteiger partial charge in [-0.05, 0) is 12.8 Å². The van der Waals surface area contributed by atoms with Gasteiger partial charge in [-0.25, -0.2) is 8.42 Å². The van der Waals surface area contributed by atoms with Crippen molar-refractivity contribution in [1.82, 2.24) is 14.5 Å². The number of carbonyl (C=O) groups is 1. The number of aryl methyl sites for hydroxylation is 2. The zero-order valence-corrected chi connectivity index (χ0v) is 11.5. The second kappa shape index (κ2) is 5.07. The largest absolute Gasteiger partial charge is 0.480 e. The average molecular weight is 275 g/mol. The molecule has 0 saturated carbocycles. The summed E-state index contributed by atoms with van der Waals surface area (Å²) < 4.78 is 27.6. The summed E-state index contributed by atoms with van der Waals surface area (Å²) in [5, 5.41) is 12.8. The van der Waals surface area contributed by atoms with E-state index in [1.807, 2.05) is 0 Å². The number of hydrogen-bond acceptors (Lipinski definition) is 4. The number of aromatic nitrogens is 2. The number of nitrogens with zero attached hydrogens (tertiary/aromatic N) is 2. The lowest BCUT2D eigenvalue weighted by atomic mass is 10.1. The van der Waals surface area contributed by atoms with Crippen molar-refractivity contribution in [1.29, 1.82) is 0 Å². The van der Waals surface area contributed by atoms with Gasteiger partial charge in [-0.15, -0.1) is 0 Å². The molecule has 0 amide bonds. The summed E-state index contributed by atoms with van der Waals surface area (Å²) in [5.74, 6) is -1.56. The van der Waals surface area contributed by atoms with E-state index >= 15 is 0 Å². The molecule has 1 atom stereocenters. The van der Waals surface area contributed by atoms with E-state index in [1.165, 1.54) is 17.9 Å². The van der Waals surface area contributed by atoms with Crippen molar-refractivity contribution in [2.75, 3.05) is 0 Å². The first kappa shape index (κ1) is 14.7. The lowest BCUT2D eigenvalue weighted by Crippen LogP contribution is -2.44. The summed E-state index contributed by atoms with van der Waals surface area (Å²) in [6, 6.07) is -1.16. The van der Waals surface area contributed by atoms with Gasteiger partial charge in [-0.1, -0.05) is 13.8 Å². The van der Waals surface area contributed by atoms with Crippen LogP contribution in [0.15, 0.2) is 11.2 Å². The van der Waals surface area contributed by atoms with Crippen molar-refractivity contribution >= 4 is 16.0 Å². The lowest BCUT2D eigenvalue weighted by Gasteiger charge is -2.18. The van der Waals surface area contributed by atoms with Crippen LogP contribution in [0.2, 0.25) is 0 Å². The molecule has 0 fully saturated rings. The first-order valence-corrected chi connectivity index (χ1v) is 6.89. The van der Waals surface area contributed by atoms with Crippen LogP contribution in [0.3, 0.4) is 0 Å². The topological polar surface area (TPSA) is 101 Å². The number of rotatable bonds is 5. The second-order valence-electron chi connectivity index (χ2n) is 4.44. The summed E-state index contributed by atoms with van der Waals surface area (Å²) in [4.78, 5) is 11.0. The molecule has 1 aromatic rings. The van der Waals surface area contributed by atoms with E-state index in [0.717, 1.165) is 0 Å². The molecule has 2 N–H and O–H groups in total. The first-order valence-electron chi connectivity index (χ1n) is 5.40. The molecule has 0 saturated heterocycles. The second-order valence-corrected chi connectivity index (χ2v) is 6.07. The van der Waals surface area contributed by atoms with Crippen LogP contribution in [0, 0.1) is 12.8 Å². The Morgan fingerprint density at radius 1 is 1.50 bits per heavy atom. The van der Waals surface area contributed by atoms with E-state index in [9.17, 15) is 13.2 Å². The summed E-state index contributed by atoms with van der Waals surface area (Å²) in [7, 11) is -2.41. The Labute approximate surface area is 106 Å². The van der Waals surface area contributed by atoms with Crippen LogP contribution < -0.4 is 4.72 Å². The van der Waals surface area contributed by atoms with Gasteiger partial charge in [0.2, 0.25) is 0 Å². The van der Waals surface area contributed by atoms with Crippen LogP contribution in [-0.2, 0) is 21.9 Å². The Morgan fingerprint density at radius 2 is 2.06 bits per heavy atom. The van der Waals surface area contributed by atoms with Crippen LogP contribution in [-0.4, -0.2) is 35.3 Å². The maximum Gasteiger partial charge on any atom is 0.322 e. The fourth-order valence-electron chi connectivity index (χ4n) is 1.62. The molecule has 0 aliphatic rings. The number of sulfonamides is 1. The molecule has 18 heavy (non-hydrogen) atoms. The molecule has 8 heteroatoms. The van der Waals surface area contributed by atoms with E-state index in [2.05, 4.69) is 9.82 Å². The smallest absolute Gasteiger partial charge is 0.322 e. The fraction of sp³-hybridized carbons (Fsp3) is 0.600. The van der Waals surface area contributed by atoms with Crippen molar-refractivity contribution in [3.63, 3.8) is 0 Å². The molecule has 102 valence electrons. The van der Waals surface area contributed by atoms with Gasteiger partial charge in [0.1, 0.15) is 6.04 Å². The van der Waals surface area contributed by atoms with Gasteiger partial charge in [0, 0.05) is 12.6 Å². The van der Waals surface area contributed by atoms with Crippen molar-refractivity contribution in [3.8, 4) is 0 Å². The van der Waals surface area contributed by atoms with Gasteiger partial charge < -0.3 is 5.11 Å². The lowest BCUT2D eigenvalue weighted by molar-refractivity contribution is -0.140. The molecule has 0 aliphatic carbocycles. The highest BCUT2D eigenvalue weighted by Gasteiger charge is 2.30. The van der Waals surface area contributed by atoms with Crippen molar-refractivity contribution < 1.29 is 18.3 Å². The Bertz CT molecular complexity index is 528. The maximum absolute atomic E-state index is 12.1. The zero-order valence-electron chi connectivity index (χ0n) is 10.7. The molecule has 0 bridgehead atoms. The molecule has 0 spiro atoms. The summed E-state index contributed by atoms with van der Waals surface area (Å²) >= 11 is 0. The monoisotopic (exact) mass is 275 g/mol. The van der Waals surface area contributed by atoms with E-state index in [0.29, 0.717) is 5.56 Å². The van der Waals surface area contributed by atoms with Crippen LogP contribution in [0.5, 0.6) is 0 Å². The van der Waals surface area contributed by atoms with Gasteiger partial charge in [0.25, 0.3) is 10.0 Å². The van der Waals surface area contributed by atoms with Crippen molar-refractivity contribution in [2.45, 2.75) is 31.8 Å². The molecule has 0 radical (unpaired) electrons. The quantitative estimate of drug-likeness (QED) is 0.794. The van der Waals surface area contributed by atoms with E-state index in [4.69, 9.17) is 5.11 Å². The van der Waals surface area contributed by atoms with Crippen LogP contribution >= 0.6 is 0 Å². The van der Waals surface area contributed by atoms with E-state index in [-0.39, 0.29) is 10.9 Å². The standard InChI is InChI=1S/C10H17N3O4S/c1-6(2)8(10(14)15)12-18(16,17)9-7(3)5-11-13(9)4/h5-6,8,12H,1-4H3,(H,14,15)/t8-/m1/s1. The summed E-state index contributed by atoms with van der Waals surface area (Å²) in [6.07, 6.45) is 1.42. The zero-order chi connectivity index (χ0) is 14.1. The fourth-order valence-corrected chi connectivity index (χ4v) is 3.31. The Hall–Kier alpha value is -1.41. The minimum absolute atomic E-state index is 0.0191. The van der Waals surface area contributed by atoms with Gasteiger partial charge in [-0.2, -0.15) is 9.82 Å². The molecule has 1 aromatic heterocycles. The highest BCUT2D eigenvalue weighted by molar-refractivity contribution is 7.89. The van der Waals surface area contributed by atoms with Crippen LogP contribution in [0.4, 0.5) is 0 Å². The Balaban J connectivity index is 3.13. The number of carboxylic acids is 1. The number of carboxylic acid groups (broad SMARTS) is 1. The number of nitrogens with one attached hydrogen (secondary N) is 1. The Morgan fingerprint density at radius 3 is 2.39 bits per heavy atom. The van der Waals surface area contributed by atoms with Crippen LogP contribution in [0.25, 0.3) is 0 Å². The minimum Gasteiger partial charge on any atom is -0.480 e. The van der Waals surface area contributed by atoms with Gasteiger partial charge in [0.15, 0.2) is 5.03 Å². The molecule has 0 unspecified atom stereocenters. The molecule has 1 rings (SSSR count). The molecular formula is C10H17N3O4S. The highest BCUT2D eigenvalue weighted by Crippen LogP contribution is 2.15. The third-order valence-electron chi connectivity index (χ3n) is 2.53. The normalized spacial score (nSPS) is 13.8. The third-order valence-corrected chi connectivity index (χ3v) is 4.18. The van der Waals surface area contributed by atoms with Gasteiger partial charge in [0.05, 0.1) is 6.20 Å².